The van der Waals surface area contributed by atoms with E-state index in [1.807, 2.05) is 37.4 Å². The molecule has 1 aliphatic rings. The van der Waals surface area contributed by atoms with Gasteiger partial charge in [-0.2, -0.15) is 0 Å². The molecule has 0 bridgehead atoms. The van der Waals surface area contributed by atoms with Gasteiger partial charge in [0.25, 0.3) is 0 Å². The molecule has 3 aromatic rings. The summed E-state index contributed by atoms with van der Waals surface area (Å²) < 4.78 is 6.15. The molecule has 1 aromatic carbocycles. The van der Waals surface area contributed by atoms with Gasteiger partial charge < -0.3 is 14.5 Å². The first kappa shape index (κ1) is 28.7. The lowest BCUT2D eigenvalue weighted by molar-refractivity contribution is -0.137. The number of aryl methyl sites for hydroxylation is 2. The van der Waals surface area contributed by atoms with Crippen molar-refractivity contribution in [1.29, 1.82) is 0 Å². The third-order valence-corrected chi connectivity index (χ3v) is 8.29. The molecule has 208 valence electrons. The van der Waals surface area contributed by atoms with Crippen LogP contribution in [0.5, 0.6) is 5.75 Å². The lowest BCUT2D eigenvalue weighted by atomic mass is 9.90. The fourth-order valence-corrected chi connectivity index (χ4v) is 5.96. The number of hydrogen-bond acceptors (Lipinski definition) is 7. The van der Waals surface area contributed by atoms with E-state index in [0.717, 1.165) is 48.9 Å². The molecule has 1 aliphatic heterocycles. The van der Waals surface area contributed by atoms with Gasteiger partial charge in [-0.15, -0.1) is 11.3 Å². The lowest BCUT2D eigenvalue weighted by Crippen LogP contribution is -2.47. The fraction of sp³-hybridized carbons (Fsp3) is 0.467. The van der Waals surface area contributed by atoms with Crippen molar-refractivity contribution in [2.45, 2.75) is 54.0 Å². The van der Waals surface area contributed by atoms with E-state index in [4.69, 9.17) is 4.74 Å². The number of nitrogens with zero attached hydrogens (tertiary/aromatic N) is 5. The van der Waals surface area contributed by atoms with Gasteiger partial charge in [-0.25, -0.2) is 4.98 Å². The van der Waals surface area contributed by atoms with Crippen LogP contribution in [0, 0.1) is 19.3 Å². The Labute approximate surface area is 235 Å². The number of rotatable bonds is 11. The van der Waals surface area contributed by atoms with Crippen molar-refractivity contribution in [1.82, 2.24) is 14.9 Å². The van der Waals surface area contributed by atoms with Crippen molar-refractivity contribution < 1.29 is 14.3 Å². The molecule has 0 spiro atoms. The molecule has 0 radical (unpaired) electrons. The molecule has 2 amide bonds. The Morgan fingerprint density at radius 1 is 1.08 bits per heavy atom. The number of amides is 2. The first-order valence-corrected chi connectivity index (χ1v) is 14.3. The number of fused-ring (bicyclic) bond motifs is 1. The van der Waals surface area contributed by atoms with E-state index in [1.54, 1.807) is 48.2 Å². The van der Waals surface area contributed by atoms with Gasteiger partial charge in [0.05, 0.1) is 28.7 Å². The van der Waals surface area contributed by atoms with E-state index in [-0.39, 0.29) is 11.8 Å². The molecule has 9 heteroatoms. The Kier molecular flexibility index (Phi) is 9.02. The predicted molar refractivity (Wildman–Crippen MR) is 157 cm³/mol. The quantitative estimate of drug-likeness (QED) is 0.247. The second-order valence-electron chi connectivity index (χ2n) is 10.5. The van der Waals surface area contributed by atoms with Gasteiger partial charge in [0.15, 0.2) is 0 Å². The van der Waals surface area contributed by atoms with Crippen molar-refractivity contribution in [3.63, 3.8) is 0 Å². The molecule has 0 atom stereocenters. The maximum atomic E-state index is 13.1. The molecule has 0 aliphatic carbocycles. The summed E-state index contributed by atoms with van der Waals surface area (Å²) in [5, 5.41) is 1.09. The summed E-state index contributed by atoms with van der Waals surface area (Å²) >= 11 is 1.76. The average Bonchev–Trinajstić information content (AvgIpc) is 3.23. The van der Waals surface area contributed by atoms with Crippen molar-refractivity contribution in [2.24, 2.45) is 5.41 Å². The Bertz CT molecular complexity index is 1310. The number of anilines is 2. The third-order valence-electron chi connectivity index (χ3n) is 7.23. The van der Waals surface area contributed by atoms with E-state index >= 15 is 0 Å². The first-order valence-electron chi connectivity index (χ1n) is 13.5. The highest BCUT2D eigenvalue weighted by molar-refractivity contribution is 7.11. The molecule has 0 fully saturated rings. The smallest absolute Gasteiger partial charge is 0.242 e. The van der Waals surface area contributed by atoms with Crippen LogP contribution >= 0.6 is 11.3 Å². The first-order chi connectivity index (χ1) is 18.6. The van der Waals surface area contributed by atoms with Crippen LogP contribution in [0.25, 0.3) is 0 Å². The minimum absolute atomic E-state index is 0.188. The van der Waals surface area contributed by atoms with Gasteiger partial charge in [-0.05, 0) is 71.2 Å². The number of ether oxygens (including phenoxy) is 1. The summed E-state index contributed by atoms with van der Waals surface area (Å²) in [4.78, 5) is 42.1. The van der Waals surface area contributed by atoms with Crippen LogP contribution in [0.3, 0.4) is 0 Å². The lowest BCUT2D eigenvalue weighted by Gasteiger charge is -2.27. The monoisotopic (exact) mass is 549 g/mol. The largest absolute Gasteiger partial charge is 0.493 e. The van der Waals surface area contributed by atoms with Crippen LogP contribution < -0.4 is 14.5 Å². The average molecular weight is 550 g/mol. The molecule has 8 nitrogen and oxygen atoms in total. The summed E-state index contributed by atoms with van der Waals surface area (Å²) in [6.07, 6.45) is 5.51. The van der Waals surface area contributed by atoms with Crippen LogP contribution in [-0.2, 0) is 22.6 Å². The molecule has 3 heterocycles. The zero-order chi connectivity index (χ0) is 28.2. The zero-order valence-corrected chi connectivity index (χ0v) is 24.7. The summed E-state index contributed by atoms with van der Waals surface area (Å²) in [5.41, 5.74) is 2.62. The van der Waals surface area contributed by atoms with Crippen LogP contribution in [0.2, 0.25) is 0 Å². The fourth-order valence-electron chi connectivity index (χ4n) is 4.98. The molecular weight excluding hydrogens is 510 g/mol. The Morgan fingerprint density at radius 2 is 1.87 bits per heavy atom. The number of carbonyl (C=O) groups is 2. The summed E-state index contributed by atoms with van der Waals surface area (Å²) in [6, 6.07) is 9.73. The van der Waals surface area contributed by atoms with Crippen molar-refractivity contribution in [2.75, 3.05) is 43.1 Å². The highest BCUT2D eigenvalue weighted by Gasteiger charge is 2.45. The van der Waals surface area contributed by atoms with E-state index in [1.165, 1.54) is 10.4 Å². The van der Waals surface area contributed by atoms with Gasteiger partial charge in [-0.1, -0.05) is 6.07 Å². The maximum Gasteiger partial charge on any atom is 0.242 e. The summed E-state index contributed by atoms with van der Waals surface area (Å²) in [7, 11) is 1.72. The van der Waals surface area contributed by atoms with Crippen LogP contribution in [-0.4, -0.2) is 60.0 Å². The third kappa shape index (κ3) is 6.47. The van der Waals surface area contributed by atoms with E-state index < -0.39 is 5.41 Å². The van der Waals surface area contributed by atoms with Gasteiger partial charge in [0, 0.05) is 56.6 Å². The number of benzene rings is 1. The molecule has 39 heavy (non-hydrogen) atoms. The van der Waals surface area contributed by atoms with Crippen molar-refractivity contribution in [3.05, 3.63) is 63.9 Å². The van der Waals surface area contributed by atoms with Crippen molar-refractivity contribution >= 4 is 34.5 Å². The highest BCUT2D eigenvalue weighted by Crippen LogP contribution is 2.40. The molecule has 0 saturated heterocycles. The standard InChI is InChI=1S/C30H39N5O3S/c1-7-35-25-12-11-24(18-26(25)33(6)28(36)30(4,5)29(35)37)38-17-9-15-34(16-13-23-10-8-14-31-19-23)20-27-21(2)32-22(3)39-27/h8,10-12,14,18-19H,7,9,13,15-17,20H2,1-6H3. The van der Waals surface area contributed by atoms with E-state index in [0.29, 0.717) is 24.6 Å². The Hall–Kier alpha value is -3.30. The van der Waals surface area contributed by atoms with Gasteiger partial charge >= 0.3 is 0 Å². The SMILES string of the molecule is CCN1C(=O)C(C)(C)C(=O)N(C)c2cc(OCCCN(CCc3cccnc3)Cc3sc(C)nc3C)ccc21. The predicted octanol–water partition coefficient (Wildman–Crippen LogP) is 5.02. The minimum Gasteiger partial charge on any atom is -0.493 e. The highest BCUT2D eigenvalue weighted by atomic mass is 32.1. The zero-order valence-electron chi connectivity index (χ0n) is 23.9. The molecule has 0 N–H and O–H groups in total. The second-order valence-corrected chi connectivity index (χ2v) is 11.8. The second kappa shape index (κ2) is 12.3. The molecule has 0 unspecified atom stereocenters. The minimum atomic E-state index is -1.13. The van der Waals surface area contributed by atoms with Crippen LogP contribution in [0.1, 0.15) is 48.3 Å². The molecule has 4 rings (SSSR count). The van der Waals surface area contributed by atoms with Crippen LogP contribution in [0.4, 0.5) is 11.4 Å². The van der Waals surface area contributed by atoms with Gasteiger partial charge in [0.2, 0.25) is 11.8 Å². The van der Waals surface area contributed by atoms with E-state index in [2.05, 4.69) is 34.8 Å². The van der Waals surface area contributed by atoms with Gasteiger partial charge in [-0.3, -0.25) is 19.5 Å². The van der Waals surface area contributed by atoms with Crippen molar-refractivity contribution in [3.8, 4) is 5.75 Å². The summed E-state index contributed by atoms with van der Waals surface area (Å²) in [6.45, 7) is 13.1. The number of pyridine rings is 1. The summed E-state index contributed by atoms with van der Waals surface area (Å²) in [5.74, 6) is 0.277. The Balaban J connectivity index is 1.41. The topological polar surface area (TPSA) is 78.9 Å². The number of carbonyl (C=O) groups excluding carboxylic acids is 2. The van der Waals surface area contributed by atoms with Gasteiger partial charge in [0.1, 0.15) is 11.2 Å². The molecule has 2 aromatic heterocycles. The van der Waals surface area contributed by atoms with Crippen LogP contribution in [0.15, 0.2) is 42.7 Å². The molecular formula is C30H39N5O3S. The maximum absolute atomic E-state index is 13.1. The normalized spacial score (nSPS) is 15.1. The number of hydrogen-bond donors (Lipinski definition) is 0. The van der Waals surface area contributed by atoms with E-state index in [9.17, 15) is 9.59 Å². The number of aromatic nitrogens is 2. The number of thiazole rings is 1. The Morgan fingerprint density at radius 3 is 2.54 bits per heavy atom. The molecule has 0 saturated carbocycles.